The first-order valence-corrected chi connectivity index (χ1v) is 5.73. The Kier molecular flexibility index (Phi) is 5.29. The van der Waals surface area contributed by atoms with Crippen molar-refractivity contribution in [2.24, 2.45) is 5.92 Å². The summed E-state index contributed by atoms with van der Waals surface area (Å²) in [6, 6.07) is 0. The topological polar surface area (TPSA) is 93.1 Å². The van der Waals surface area contributed by atoms with Gasteiger partial charge in [0, 0.05) is 6.42 Å². The third-order valence-electron chi connectivity index (χ3n) is 1.31. The van der Waals surface area contributed by atoms with E-state index in [9.17, 15) is 9.36 Å². The van der Waals surface area contributed by atoms with Crippen LogP contribution in [0.15, 0.2) is 0 Å². The second-order valence-corrected chi connectivity index (χ2v) is 4.22. The molecule has 0 aliphatic carbocycles. The molecular formula is C7H15O6P. The van der Waals surface area contributed by atoms with Gasteiger partial charge in [0.1, 0.15) is 0 Å². The third-order valence-corrected chi connectivity index (χ3v) is 1.82. The van der Waals surface area contributed by atoms with Crippen molar-refractivity contribution in [1.82, 2.24) is 0 Å². The van der Waals surface area contributed by atoms with Crippen LogP contribution in [0.5, 0.6) is 0 Å². The quantitative estimate of drug-likeness (QED) is 0.413. The molecule has 0 aromatic heterocycles. The molecule has 0 aliphatic heterocycles. The fraction of sp³-hybridized carbons (Fsp3) is 0.857. The van der Waals surface area contributed by atoms with Crippen LogP contribution in [0.25, 0.3) is 0 Å². The summed E-state index contributed by atoms with van der Waals surface area (Å²) in [5, 5.41) is 0. The van der Waals surface area contributed by atoms with Crippen molar-refractivity contribution < 1.29 is 28.4 Å². The van der Waals surface area contributed by atoms with Gasteiger partial charge < -0.3 is 14.5 Å². The molecule has 14 heavy (non-hydrogen) atoms. The molecule has 7 heteroatoms. The number of esters is 1. The average Bonchev–Trinajstić information content (AvgIpc) is 2.00. The van der Waals surface area contributed by atoms with Crippen molar-refractivity contribution in [2.45, 2.75) is 33.5 Å². The van der Waals surface area contributed by atoms with Crippen molar-refractivity contribution >= 4 is 13.8 Å². The molecule has 1 unspecified atom stereocenters. The van der Waals surface area contributed by atoms with Crippen molar-refractivity contribution in [3.63, 3.8) is 0 Å². The number of ether oxygens (including phenoxy) is 1. The maximum absolute atomic E-state index is 11.0. The van der Waals surface area contributed by atoms with Crippen molar-refractivity contribution in [3.8, 4) is 0 Å². The van der Waals surface area contributed by atoms with E-state index in [2.05, 4.69) is 9.26 Å². The molecule has 1 atom stereocenters. The van der Waals surface area contributed by atoms with E-state index in [0.717, 1.165) is 0 Å². The predicted octanol–water partition coefficient (Wildman–Crippen LogP) is 1.03. The minimum absolute atomic E-state index is 0.184. The van der Waals surface area contributed by atoms with E-state index in [0.29, 0.717) is 0 Å². The molecule has 0 amide bonds. The van der Waals surface area contributed by atoms with Crippen LogP contribution in [-0.2, 0) is 18.6 Å². The first-order chi connectivity index (χ1) is 6.26. The second kappa shape index (κ2) is 5.46. The molecule has 0 saturated heterocycles. The summed E-state index contributed by atoms with van der Waals surface area (Å²) in [5.41, 5.74) is 0. The maximum Gasteiger partial charge on any atom is 0.472 e. The van der Waals surface area contributed by atoms with Gasteiger partial charge in [-0.1, -0.05) is 20.8 Å². The molecule has 0 saturated carbocycles. The average molecular weight is 226 g/mol. The number of hydrogen-bond acceptors (Lipinski definition) is 4. The van der Waals surface area contributed by atoms with Gasteiger partial charge in [-0.15, -0.1) is 0 Å². The van der Waals surface area contributed by atoms with E-state index in [1.54, 1.807) is 20.8 Å². The second-order valence-electron chi connectivity index (χ2n) is 3.03. The third kappa shape index (κ3) is 6.10. The summed E-state index contributed by atoms with van der Waals surface area (Å²) >= 11 is 0. The highest BCUT2D eigenvalue weighted by Gasteiger charge is 2.24. The lowest BCUT2D eigenvalue weighted by atomic mass is 10.2. The van der Waals surface area contributed by atoms with Crippen molar-refractivity contribution in [1.29, 1.82) is 0 Å². The van der Waals surface area contributed by atoms with E-state index < -0.39 is 20.1 Å². The number of carbonyl (C=O) groups excluding carboxylic acids is 1. The van der Waals surface area contributed by atoms with Crippen LogP contribution in [0.1, 0.15) is 27.2 Å². The maximum atomic E-state index is 11.0. The normalized spacial score (nSPS) is 14.1. The number of hydrogen-bond donors (Lipinski definition) is 2. The number of phosphoric acid groups is 1. The molecule has 0 aliphatic rings. The summed E-state index contributed by atoms with van der Waals surface area (Å²) in [5.74, 6) is -0.908. The van der Waals surface area contributed by atoms with E-state index in [4.69, 9.17) is 9.79 Å². The summed E-state index contributed by atoms with van der Waals surface area (Å²) in [6.07, 6.45) is -1.01. The van der Waals surface area contributed by atoms with Crippen molar-refractivity contribution in [2.75, 3.05) is 0 Å². The molecule has 0 aromatic carbocycles. The van der Waals surface area contributed by atoms with Gasteiger partial charge in [-0.05, 0) is 0 Å². The first-order valence-electron chi connectivity index (χ1n) is 4.20. The lowest BCUT2D eigenvalue weighted by Gasteiger charge is -2.17. The predicted molar refractivity (Wildman–Crippen MR) is 48.1 cm³/mol. The van der Waals surface area contributed by atoms with Gasteiger partial charge in [0.05, 0.1) is 5.92 Å². The standard InChI is InChI=1S/C7H15O6P/c1-4-6(13-14(9,10)11)12-7(8)5(2)3/h5-6H,4H2,1-3H3,(H2,9,10,11). The zero-order valence-electron chi connectivity index (χ0n) is 8.34. The Balaban J connectivity index is 4.17. The molecule has 0 heterocycles. The van der Waals surface area contributed by atoms with E-state index in [1.165, 1.54) is 0 Å². The Morgan fingerprint density at radius 3 is 2.21 bits per heavy atom. The van der Waals surface area contributed by atoms with Crippen LogP contribution in [0.2, 0.25) is 0 Å². The van der Waals surface area contributed by atoms with Crippen LogP contribution in [0, 0.1) is 5.92 Å². The zero-order chi connectivity index (χ0) is 11.4. The van der Waals surface area contributed by atoms with Gasteiger partial charge in [-0.25, -0.2) is 9.09 Å². The van der Waals surface area contributed by atoms with Gasteiger partial charge in [0.25, 0.3) is 0 Å². The highest BCUT2D eigenvalue weighted by molar-refractivity contribution is 7.46. The van der Waals surface area contributed by atoms with Crippen LogP contribution in [0.4, 0.5) is 0 Å². The summed E-state index contributed by atoms with van der Waals surface area (Å²) in [6.45, 7) is 4.83. The minimum Gasteiger partial charge on any atom is -0.435 e. The number of rotatable bonds is 5. The van der Waals surface area contributed by atoms with E-state index in [-0.39, 0.29) is 12.3 Å². The van der Waals surface area contributed by atoms with Crippen LogP contribution >= 0.6 is 7.82 Å². The Labute approximate surface area is 82.5 Å². The van der Waals surface area contributed by atoms with Crippen LogP contribution in [0.3, 0.4) is 0 Å². The highest BCUT2D eigenvalue weighted by Crippen LogP contribution is 2.38. The van der Waals surface area contributed by atoms with Gasteiger partial charge >= 0.3 is 13.8 Å². The molecule has 2 N–H and O–H groups in total. The fourth-order valence-electron chi connectivity index (χ4n) is 0.598. The lowest BCUT2D eigenvalue weighted by molar-refractivity contribution is -0.169. The minimum atomic E-state index is -4.60. The van der Waals surface area contributed by atoms with Gasteiger partial charge in [0.15, 0.2) is 0 Å². The first kappa shape index (κ1) is 13.6. The molecule has 0 spiro atoms. The van der Waals surface area contributed by atoms with E-state index in [1.807, 2.05) is 0 Å². The molecule has 0 fully saturated rings. The molecule has 0 rings (SSSR count). The number of carbonyl (C=O) groups is 1. The Morgan fingerprint density at radius 1 is 1.43 bits per heavy atom. The molecule has 6 nitrogen and oxygen atoms in total. The molecule has 0 aromatic rings. The smallest absolute Gasteiger partial charge is 0.435 e. The molecule has 0 radical (unpaired) electrons. The van der Waals surface area contributed by atoms with Crippen molar-refractivity contribution in [3.05, 3.63) is 0 Å². The highest BCUT2D eigenvalue weighted by atomic mass is 31.2. The van der Waals surface area contributed by atoms with Gasteiger partial charge in [-0.3, -0.25) is 4.79 Å². The van der Waals surface area contributed by atoms with Crippen LogP contribution < -0.4 is 0 Å². The molecular weight excluding hydrogens is 211 g/mol. The summed E-state index contributed by atoms with van der Waals surface area (Å²) in [4.78, 5) is 28.0. The van der Waals surface area contributed by atoms with E-state index >= 15 is 0 Å². The lowest BCUT2D eigenvalue weighted by Crippen LogP contribution is -2.22. The molecule has 0 bridgehead atoms. The SMILES string of the molecule is CCC(OC(=O)C(C)C)OP(=O)(O)O. The van der Waals surface area contributed by atoms with Crippen LogP contribution in [-0.4, -0.2) is 22.0 Å². The fourth-order valence-corrected chi connectivity index (χ4v) is 1.10. The summed E-state index contributed by atoms with van der Waals surface area (Å²) < 4.78 is 19.3. The van der Waals surface area contributed by atoms with Gasteiger partial charge in [-0.2, -0.15) is 0 Å². The monoisotopic (exact) mass is 226 g/mol. The largest absolute Gasteiger partial charge is 0.472 e. The Hall–Kier alpha value is -0.420. The summed E-state index contributed by atoms with van der Waals surface area (Å²) in [7, 11) is -4.60. The zero-order valence-corrected chi connectivity index (χ0v) is 9.23. The molecule has 84 valence electrons. The number of phosphoric ester groups is 1. The Bertz CT molecular complexity index is 232. The Morgan fingerprint density at radius 2 is 1.93 bits per heavy atom. The van der Waals surface area contributed by atoms with Gasteiger partial charge in [0.2, 0.25) is 6.29 Å².